The molecule has 6 heteroatoms. The average molecular weight is 375 g/mol. The fourth-order valence-electron chi connectivity index (χ4n) is 3.17. The van der Waals surface area contributed by atoms with E-state index < -0.39 is 0 Å². The van der Waals surface area contributed by atoms with Crippen LogP contribution in [0.15, 0.2) is 16.6 Å². The van der Waals surface area contributed by atoms with E-state index in [4.69, 9.17) is 11.6 Å². The molecule has 3 rings (SSSR count). The number of hydrogen-bond acceptors (Lipinski definition) is 2. The first-order valence-electron chi connectivity index (χ1n) is 7.28. The van der Waals surface area contributed by atoms with Crippen molar-refractivity contribution in [2.75, 3.05) is 19.6 Å². The van der Waals surface area contributed by atoms with Crippen molar-refractivity contribution >= 4 is 38.6 Å². The molecule has 0 saturated carbocycles. The van der Waals surface area contributed by atoms with Gasteiger partial charge in [-0.15, -0.1) is 11.6 Å². The molecule has 0 amide bonds. The van der Waals surface area contributed by atoms with Crippen LogP contribution in [0.25, 0.3) is 11.0 Å². The van der Waals surface area contributed by atoms with Crippen molar-refractivity contribution < 1.29 is 4.39 Å². The van der Waals surface area contributed by atoms with Crippen molar-refractivity contribution in [2.24, 2.45) is 0 Å². The Bertz CT molecular complexity index is 658. The third kappa shape index (κ3) is 2.83. The fourth-order valence-corrected chi connectivity index (χ4v) is 3.69. The summed E-state index contributed by atoms with van der Waals surface area (Å²) in [6, 6.07) is 3.61. The van der Waals surface area contributed by atoms with Gasteiger partial charge in [0.05, 0.1) is 21.4 Å². The van der Waals surface area contributed by atoms with Gasteiger partial charge in [0.2, 0.25) is 0 Å². The van der Waals surface area contributed by atoms with Gasteiger partial charge in [-0.2, -0.15) is 0 Å². The number of nitrogens with zero attached hydrogens (tertiary/aromatic N) is 3. The SMILES string of the molecule is CCN1CCCC(n2c(CCl)nc3cc(Br)c(F)cc32)C1. The summed E-state index contributed by atoms with van der Waals surface area (Å²) in [5.74, 6) is 0.913. The van der Waals surface area contributed by atoms with Gasteiger partial charge in [0.25, 0.3) is 0 Å². The van der Waals surface area contributed by atoms with Crippen LogP contribution < -0.4 is 0 Å². The van der Waals surface area contributed by atoms with Crippen LogP contribution in [0.5, 0.6) is 0 Å². The minimum Gasteiger partial charge on any atom is -0.322 e. The third-order valence-corrected chi connectivity index (χ3v) is 5.06. The second-order valence-corrected chi connectivity index (χ2v) is 6.60. The van der Waals surface area contributed by atoms with Crippen LogP contribution in [0, 0.1) is 5.82 Å². The number of piperidine rings is 1. The summed E-state index contributed by atoms with van der Waals surface area (Å²) in [5, 5.41) is 0. The number of likely N-dealkylation sites (N-methyl/N-ethyl adjacent to an activating group) is 1. The number of rotatable bonds is 3. The minimum absolute atomic E-state index is 0.257. The Morgan fingerprint density at radius 2 is 2.29 bits per heavy atom. The summed E-state index contributed by atoms with van der Waals surface area (Å²) in [5.41, 5.74) is 1.64. The molecular formula is C15H18BrClFN3. The predicted molar refractivity (Wildman–Crippen MR) is 87.3 cm³/mol. The van der Waals surface area contributed by atoms with Crippen LogP contribution in [-0.4, -0.2) is 34.1 Å². The van der Waals surface area contributed by atoms with Crippen LogP contribution in [0.1, 0.15) is 31.6 Å². The molecule has 21 heavy (non-hydrogen) atoms. The molecule has 0 aliphatic carbocycles. The molecule has 114 valence electrons. The summed E-state index contributed by atoms with van der Waals surface area (Å²) in [7, 11) is 0. The van der Waals surface area contributed by atoms with Gasteiger partial charge in [-0.1, -0.05) is 6.92 Å². The Morgan fingerprint density at radius 1 is 1.48 bits per heavy atom. The lowest BCUT2D eigenvalue weighted by atomic mass is 10.1. The Kier molecular flexibility index (Phi) is 4.52. The number of halogens is 3. The predicted octanol–water partition coefficient (Wildman–Crippen LogP) is 4.33. The highest BCUT2D eigenvalue weighted by atomic mass is 79.9. The fraction of sp³-hybridized carbons (Fsp3) is 0.533. The topological polar surface area (TPSA) is 21.1 Å². The maximum absolute atomic E-state index is 13.9. The Labute approximate surface area is 137 Å². The number of fused-ring (bicyclic) bond motifs is 1. The molecule has 0 radical (unpaired) electrons. The van der Waals surface area contributed by atoms with E-state index in [0.29, 0.717) is 16.4 Å². The lowest BCUT2D eigenvalue weighted by Crippen LogP contribution is -2.36. The Morgan fingerprint density at radius 3 is 3.00 bits per heavy atom. The van der Waals surface area contributed by atoms with E-state index in [1.165, 1.54) is 0 Å². The highest BCUT2D eigenvalue weighted by molar-refractivity contribution is 9.10. The molecular weight excluding hydrogens is 357 g/mol. The third-order valence-electron chi connectivity index (χ3n) is 4.22. The second-order valence-electron chi connectivity index (χ2n) is 5.48. The molecule has 2 heterocycles. The van der Waals surface area contributed by atoms with Crippen molar-refractivity contribution in [3.8, 4) is 0 Å². The minimum atomic E-state index is -0.257. The zero-order valence-corrected chi connectivity index (χ0v) is 14.3. The summed E-state index contributed by atoms with van der Waals surface area (Å²) in [6.07, 6.45) is 2.24. The Balaban J connectivity index is 2.09. The number of benzene rings is 1. The maximum Gasteiger partial charge on any atom is 0.139 e. The van der Waals surface area contributed by atoms with E-state index >= 15 is 0 Å². The number of hydrogen-bond donors (Lipinski definition) is 0. The summed E-state index contributed by atoms with van der Waals surface area (Å²) < 4.78 is 16.5. The molecule has 1 aromatic carbocycles. The Hall–Kier alpha value is -0.650. The van der Waals surface area contributed by atoms with Gasteiger partial charge < -0.3 is 9.47 Å². The molecule has 1 saturated heterocycles. The van der Waals surface area contributed by atoms with Gasteiger partial charge in [-0.05, 0) is 47.9 Å². The molecule has 0 bridgehead atoms. The first kappa shape index (κ1) is 15.3. The molecule has 1 unspecified atom stereocenters. The highest BCUT2D eigenvalue weighted by Crippen LogP contribution is 2.31. The number of alkyl halides is 1. The lowest BCUT2D eigenvalue weighted by Gasteiger charge is -2.33. The molecule has 3 nitrogen and oxygen atoms in total. The van der Waals surface area contributed by atoms with E-state index in [1.807, 2.05) is 0 Å². The van der Waals surface area contributed by atoms with E-state index in [-0.39, 0.29) is 5.82 Å². The largest absolute Gasteiger partial charge is 0.322 e. The van der Waals surface area contributed by atoms with E-state index in [1.54, 1.807) is 12.1 Å². The average Bonchev–Trinajstić information content (AvgIpc) is 2.85. The number of likely N-dealkylation sites (tertiary alicyclic amines) is 1. The molecule has 1 fully saturated rings. The zero-order chi connectivity index (χ0) is 15.0. The van der Waals surface area contributed by atoms with Gasteiger partial charge in [-0.25, -0.2) is 9.37 Å². The van der Waals surface area contributed by atoms with Crippen LogP contribution in [0.3, 0.4) is 0 Å². The van der Waals surface area contributed by atoms with Crippen LogP contribution in [-0.2, 0) is 5.88 Å². The summed E-state index contributed by atoms with van der Waals surface area (Å²) >= 11 is 9.29. The van der Waals surface area contributed by atoms with Crippen LogP contribution in [0.2, 0.25) is 0 Å². The van der Waals surface area contributed by atoms with E-state index in [9.17, 15) is 4.39 Å². The van der Waals surface area contributed by atoms with E-state index in [0.717, 1.165) is 49.3 Å². The molecule has 2 aromatic rings. The monoisotopic (exact) mass is 373 g/mol. The summed E-state index contributed by atoms with van der Waals surface area (Å²) in [4.78, 5) is 7.00. The molecule has 1 aliphatic rings. The van der Waals surface area contributed by atoms with Crippen molar-refractivity contribution in [3.05, 3.63) is 28.2 Å². The van der Waals surface area contributed by atoms with Gasteiger partial charge in [0.1, 0.15) is 11.6 Å². The lowest BCUT2D eigenvalue weighted by molar-refractivity contribution is 0.186. The zero-order valence-electron chi connectivity index (χ0n) is 12.0. The highest BCUT2D eigenvalue weighted by Gasteiger charge is 2.24. The van der Waals surface area contributed by atoms with Crippen LogP contribution in [0.4, 0.5) is 4.39 Å². The van der Waals surface area contributed by atoms with Crippen molar-refractivity contribution in [1.82, 2.24) is 14.5 Å². The number of imidazole rings is 1. The molecule has 0 N–H and O–H groups in total. The molecule has 1 aromatic heterocycles. The second kappa shape index (κ2) is 6.23. The normalized spacial score (nSPS) is 20.3. The van der Waals surface area contributed by atoms with Crippen LogP contribution >= 0.6 is 27.5 Å². The van der Waals surface area contributed by atoms with Gasteiger partial charge in [0.15, 0.2) is 0 Å². The summed E-state index contributed by atoms with van der Waals surface area (Å²) in [6.45, 7) is 5.33. The molecule has 1 atom stereocenters. The smallest absolute Gasteiger partial charge is 0.139 e. The number of aromatic nitrogens is 2. The van der Waals surface area contributed by atoms with Crippen molar-refractivity contribution in [2.45, 2.75) is 31.7 Å². The molecule has 1 aliphatic heterocycles. The quantitative estimate of drug-likeness (QED) is 0.746. The molecule has 0 spiro atoms. The first-order valence-corrected chi connectivity index (χ1v) is 8.61. The van der Waals surface area contributed by atoms with Crippen molar-refractivity contribution in [3.63, 3.8) is 0 Å². The van der Waals surface area contributed by atoms with Gasteiger partial charge in [0, 0.05) is 18.7 Å². The standard InChI is InChI=1S/C15H18BrClFN3/c1-2-20-5-3-4-10(9-20)21-14-7-12(18)11(16)6-13(14)19-15(21)8-17/h6-7,10H,2-5,8-9H2,1H3. The maximum atomic E-state index is 13.9. The van der Waals surface area contributed by atoms with Crippen molar-refractivity contribution in [1.29, 1.82) is 0 Å². The first-order chi connectivity index (χ1) is 10.1. The van der Waals surface area contributed by atoms with E-state index in [2.05, 4.69) is 37.3 Å². The van der Waals surface area contributed by atoms with Gasteiger partial charge >= 0.3 is 0 Å². The van der Waals surface area contributed by atoms with Gasteiger partial charge in [-0.3, -0.25) is 0 Å².